The van der Waals surface area contributed by atoms with E-state index in [9.17, 15) is 24.6 Å². The second kappa shape index (κ2) is 7.94. The number of imide groups is 1. The number of guanidine groups is 2. The second-order valence-corrected chi connectivity index (χ2v) is 9.65. The smallest absolute Gasteiger partial charge is 0.347 e. The third kappa shape index (κ3) is 3.23. The van der Waals surface area contributed by atoms with Crippen molar-refractivity contribution < 1.29 is 43.6 Å². The lowest BCUT2D eigenvalue weighted by molar-refractivity contribution is -0.674. The molecule has 1 spiro atoms. The van der Waals surface area contributed by atoms with Crippen molar-refractivity contribution >= 4 is 29.6 Å². The van der Waals surface area contributed by atoms with Gasteiger partial charge in [0.05, 0.1) is 18.7 Å². The lowest BCUT2D eigenvalue weighted by atomic mass is 9.85. The minimum atomic E-state index is -2.61. The van der Waals surface area contributed by atoms with E-state index in [1.807, 2.05) is 0 Å². The molecule has 10 N–H and O–H groups in total. The third-order valence-electron chi connectivity index (χ3n) is 7.60. The van der Waals surface area contributed by atoms with Crippen molar-refractivity contribution in [3.63, 3.8) is 0 Å². The highest BCUT2D eigenvalue weighted by Crippen LogP contribution is 2.39. The minimum absolute atomic E-state index is 0.0395. The van der Waals surface area contributed by atoms with E-state index in [0.29, 0.717) is 12.4 Å². The van der Waals surface area contributed by atoms with Gasteiger partial charge in [0.1, 0.15) is 25.3 Å². The van der Waals surface area contributed by atoms with E-state index in [1.165, 1.54) is 4.58 Å². The van der Waals surface area contributed by atoms with Crippen molar-refractivity contribution in [1.29, 1.82) is 0 Å². The van der Waals surface area contributed by atoms with Gasteiger partial charge < -0.3 is 25.0 Å². The van der Waals surface area contributed by atoms with E-state index < -0.39 is 35.5 Å². The van der Waals surface area contributed by atoms with E-state index in [2.05, 4.69) is 20.9 Å². The number of ether oxygens (including phenoxy) is 2. The topological polar surface area (TPSA) is 218 Å². The van der Waals surface area contributed by atoms with Gasteiger partial charge in [-0.1, -0.05) is 6.07 Å². The number of nitrogens with one attached hydrogen (secondary N) is 4. The molecule has 2 fully saturated rings. The zero-order valence-electron chi connectivity index (χ0n) is 19.7. The summed E-state index contributed by atoms with van der Waals surface area (Å²) in [6.07, 6.45) is 0.227. The molecule has 1 aromatic carbocycles. The van der Waals surface area contributed by atoms with Crippen LogP contribution in [0.5, 0.6) is 11.5 Å². The number of aliphatic hydroxyl groups is 2. The molecule has 0 saturated carbocycles. The molecule has 6 rings (SSSR count). The highest BCUT2D eigenvalue weighted by atomic mass is 16.6. The van der Waals surface area contributed by atoms with Crippen LogP contribution in [0.1, 0.15) is 23.2 Å². The number of hydrogen-bond acceptors (Lipinski definition) is 11. The molecular weight excluding hydrogens is 488 g/mol. The summed E-state index contributed by atoms with van der Waals surface area (Å²) in [4.78, 5) is 41.9. The van der Waals surface area contributed by atoms with E-state index in [1.54, 1.807) is 18.2 Å². The first-order valence-corrected chi connectivity index (χ1v) is 11.9. The van der Waals surface area contributed by atoms with Crippen LogP contribution in [0, 0.1) is 0 Å². The lowest BCUT2D eigenvalue weighted by Crippen LogP contribution is -2.92. The Morgan fingerprint density at radius 1 is 1.22 bits per heavy atom. The summed E-state index contributed by atoms with van der Waals surface area (Å²) >= 11 is 0. The van der Waals surface area contributed by atoms with Crippen LogP contribution < -0.4 is 41.9 Å². The largest absolute Gasteiger partial charge is 0.486 e. The number of nitrogens with zero attached hydrogens (tertiary/aromatic N) is 2. The molecule has 196 valence electrons. The van der Waals surface area contributed by atoms with Crippen molar-refractivity contribution in [3.05, 3.63) is 23.8 Å². The summed E-state index contributed by atoms with van der Waals surface area (Å²) in [5, 5.41) is 31.8. The Balaban J connectivity index is 1.32. The molecule has 5 aliphatic rings. The summed E-state index contributed by atoms with van der Waals surface area (Å²) < 4.78 is 12.6. The fourth-order valence-corrected chi connectivity index (χ4v) is 5.91. The number of carbonyl (C=O) groups excluding carboxylic acids is 3. The van der Waals surface area contributed by atoms with Crippen LogP contribution in [0.3, 0.4) is 0 Å². The quantitative estimate of drug-likeness (QED) is 0.107. The van der Waals surface area contributed by atoms with Crippen molar-refractivity contribution in [1.82, 2.24) is 20.9 Å². The molecule has 4 atom stereocenters. The Bertz CT molecular complexity index is 1260. The predicted molar refractivity (Wildman–Crippen MR) is 123 cm³/mol. The fraction of sp³-hybridized carbons (Fsp3) is 0.500. The molecule has 1 unspecified atom stereocenters. The van der Waals surface area contributed by atoms with Gasteiger partial charge in [-0.15, -0.1) is 0 Å². The zero-order valence-corrected chi connectivity index (χ0v) is 19.7. The lowest BCUT2D eigenvalue weighted by Gasteiger charge is -2.41. The standard InChI is InChI=1S/C22H26N8O7/c23-19-27-17-11(8-29-14(31)4-5-15(29)32)25-20(24)30-9-13(22(34,35)21(17,30)28-19)26-18(33)10-2-1-3-12-16(10)37-7-6-36-12/h1-3,11,13,17,34-35H,4-9H2,(H6,23,24,25,26,27,28,33)/p+2/t11-,13?,17-,21-/m0/s1. The van der Waals surface area contributed by atoms with Gasteiger partial charge in [0.2, 0.25) is 11.8 Å². The van der Waals surface area contributed by atoms with E-state index >= 15 is 0 Å². The predicted octanol–water partition coefficient (Wildman–Crippen LogP) is -6.24. The summed E-state index contributed by atoms with van der Waals surface area (Å²) in [5.41, 5.74) is 10.8. The van der Waals surface area contributed by atoms with Crippen molar-refractivity contribution in [2.24, 2.45) is 11.5 Å². The van der Waals surface area contributed by atoms with Crippen molar-refractivity contribution in [3.8, 4) is 11.5 Å². The van der Waals surface area contributed by atoms with Gasteiger partial charge in [-0.25, -0.2) is 9.89 Å². The van der Waals surface area contributed by atoms with E-state index in [4.69, 9.17) is 20.9 Å². The molecule has 15 heteroatoms. The average molecular weight is 517 g/mol. The fourth-order valence-electron chi connectivity index (χ4n) is 5.91. The molecular formula is C22H28N8O7+2. The molecule has 5 heterocycles. The Hall–Kier alpha value is -4.11. The van der Waals surface area contributed by atoms with Crippen molar-refractivity contribution in [2.45, 2.75) is 42.4 Å². The number of amides is 3. The molecule has 5 aliphatic heterocycles. The average Bonchev–Trinajstić information content (AvgIpc) is 3.46. The number of nitrogens with two attached hydrogens (primary N) is 2. The molecule has 2 saturated heterocycles. The highest BCUT2D eigenvalue weighted by Gasteiger charge is 2.78. The number of hydrogen-bond donors (Lipinski definition) is 8. The van der Waals surface area contributed by atoms with Gasteiger partial charge in [-0.3, -0.25) is 41.1 Å². The third-order valence-corrected chi connectivity index (χ3v) is 7.60. The van der Waals surface area contributed by atoms with Crippen molar-refractivity contribution in [2.75, 3.05) is 26.3 Å². The van der Waals surface area contributed by atoms with Gasteiger partial charge in [0, 0.05) is 12.8 Å². The number of likely N-dealkylation sites (tertiary alicyclic amines) is 1. The number of benzene rings is 1. The maximum Gasteiger partial charge on any atom is 0.347 e. The molecule has 0 radical (unpaired) electrons. The summed E-state index contributed by atoms with van der Waals surface area (Å²) in [6.45, 7) is 0.455. The maximum absolute atomic E-state index is 13.3. The van der Waals surface area contributed by atoms with Crippen LogP contribution >= 0.6 is 0 Å². The number of fused-ring (bicyclic) bond motifs is 1. The van der Waals surface area contributed by atoms with Crippen LogP contribution in [0.4, 0.5) is 0 Å². The first-order chi connectivity index (χ1) is 17.6. The van der Waals surface area contributed by atoms with Gasteiger partial charge in [0.25, 0.3) is 17.4 Å². The molecule has 0 aliphatic carbocycles. The minimum Gasteiger partial charge on any atom is -0.486 e. The molecule has 0 bridgehead atoms. The number of carbonyl (C=O) groups is 3. The zero-order chi connectivity index (χ0) is 26.1. The maximum atomic E-state index is 13.3. The van der Waals surface area contributed by atoms with Crippen LogP contribution in [-0.4, -0.2) is 105 Å². The first-order valence-electron chi connectivity index (χ1n) is 11.9. The summed E-state index contributed by atoms with van der Waals surface area (Å²) in [6, 6.07) is 2.04. The number of para-hydroxylation sites is 1. The molecule has 1 aromatic rings. The first kappa shape index (κ1) is 23.3. The Morgan fingerprint density at radius 3 is 2.70 bits per heavy atom. The number of rotatable bonds is 4. The normalized spacial score (nSPS) is 31.4. The van der Waals surface area contributed by atoms with Crippen LogP contribution in [0.15, 0.2) is 18.2 Å². The Labute approximate surface area is 210 Å². The van der Waals surface area contributed by atoms with E-state index in [-0.39, 0.29) is 67.6 Å². The highest BCUT2D eigenvalue weighted by molar-refractivity contribution is 6.02. The SMILES string of the molecule is NC1=[NH+][C@H]2[C@H](CN3C(=O)CCC3=O)NC(N)=[N+]3CC(NC(=O)c4cccc5c4OCCO5)C(O)(O)[C@]23N1. The van der Waals surface area contributed by atoms with Gasteiger partial charge in [0.15, 0.2) is 17.5 Å². The molecule has 15 nitrogen and oxygen atoms in total. The van der Waals surface area contributed by atoms with Crippen LogP contribution in [-0.2, 0) is 9.59 Å². The van der Waals surface area contributed by atoms with Crippen LogP contribution in [0.25, 0.3) is 0 Å². The molecule has 0 aromatic heterocycles. The Morgan fingerprint density at radius 2 is 1.95 bits per heavy atom. The van der Waals surface area contributed by atoms with Gasteiger partial charge in [-0.05, 0) is 12.1 Å². The summed E-state index contributed by atoms with van der Waals surface area (Å²) in [5.74, 6) is -3.08. The summed E-state index contributed by atoms with van der Waals surface area (Å²) in [7, 11) is 0. The molecule has 37 heavy (non-hydrogen) atoms. The molecule has 3 amide bonds. The van der Waals surface area contributed by atoms with Gasteiger partial charge >= 0.3 is 11.9 Å². The van der Waals surface area contributed by atoms with E-state index in [0.717, 1.165) is 4.90 Å². The second-order valence-electron chi connectivity index (χ2n) is 9.65. The monoisotopic (exact) mass is 516 g/mol. The van der Waals surface area contributed by atoms with Gasteiger partial charge in [-0.2, -0.15) is 0 Å². The Kier molecular flexibility index (Phi) is 5.00. The van der Waals surface area contributed by atoms with Crippen LogP contribution in [0.2, 0.25) is 0 Å².